The van der Waals surface area contributed by atoms with Crippen LogP contribution in [-0.4, -0.2) is 0 Å². The van der Waals surface area contributed by atoms with Gasteiger partial charge in [-0.05, 0) is 60.8 Å². The van der Waals surface area contributed by atoms with Gasteiger partial charge in [-0.25, -0.2) is 13.2 Å². The largest absolute Gasteiger partial charge is 0.206 e. The third-order valence-corrected chi connectivity index (χ3v) is 4.62. The monoisotopic (exact) mass is 396 g/mol. The summed E-state index contributed by atoms with van der Waals surface area (Å²) in [5.41, 5.74) is 3.38. The van der Waals surface area contributed by atoms with Gasteiger partial charge in [0.1, 0.15) is 5.82 Å². The van der Waals surface area contributed by atoms with Gasteiger partial charge in [-0.3, -0.25) is 0 Å². The van der Waals surface area contributed by atoms with Crippen LogP contribution in [0.5, 0.6) is 0 Å². The Labute approximate surface area is 173 Å². The Balaban J connectivity index is 1.58. The molecule has 0 saturated carbocycles. The van der Waals surface area contributed by atoms with Gasteiger partial charge in [0.25, 0.3) is 0 Å². The fraction of sp³-hybridized carbons (Fsp3) is 0.0370. The number of benzene rings is 4. The van der Waals surface area contributed by atoms with E-state index in [0.29, 0.717) is 16.5 Å². The molecule has 0 aromatic heterocycles. The Kier molecular flexibility index (Phi) is 5.29. The van der Waals surface area contributed by atoms with Gasteiger partial charge in [0.15, 0.2) is 11.6 Å². The minimum Gasteiger partial charge on any atom is -0.206 e. The molecule has 0 atom stereocenters. The van der Waals surface area contributed by atoms with Crippen molar-refractivity contribution < 1.29 is 13.2 Å². The van der Waals surface area contributed by atoms with Crippen molar-refractivity contribution in [1.82, 2.24) is 0 Å². The highest BCUT2D eigenvalue weighted by Crippen LogP contribution is 2.21. The van der Waals surface area contributed by atoms with Crippen molar-refractivity contribution >= 4 is 10.8 Å². The summed E-state index contributed by atoms with van der Waals surface area (Å²) in [5.74, 6) is 9.36. The number of aryl methyl sites for hydroxylation is 1. The fourth-order valence-electron chi connectivity index (χ4n) is 2.96. The molecule has 0 aliphatic rings. The Morgan fingerprint density at radius 1 is 0.567 bits per heavy atom. The zero-order valence-electron chi connectivity index (χ0n) is 16.1. The molecule has 0 bridgehead atoms. The molecule has 0 radical (unpaired) electrons. The minimum atomic E-state index is -0.894. The van der Waals surface area contributed by atoms with Gasteiger partial charge < -0.3 is 0 Å². The molecule has 30 heavy (non-hydrogen) atoms. The van der Waals surface area contributed by atoms with Crippen molar-refractivity contribution in [2.75, 3.05) is 0 Å². The average molecular weight is 396 g/mol. The molecule has 4 aromatic rings. The molecule has 4 aromatic carbocycles. The van der Waals surface area contributed by atoms with E-state index in [0.717, 1.165) is 17.2 Å². The van der Waals surface area contributed by atoms with Crippen molar-refractivity contribution in [2.24, 2.45) is 0 Å². The van der Waals surface area contributed by atoms with Gasteiger partial charge >= 0.3 is 0 Å². The Morgan fingerprint density at radius 2 is 1.20 bits per heavy atom. The standard InChI is InChI=1S/C27H15F3/c1-18-2-4-19(5-3-18)6-7-21-9-12-22(26(29)17-21)11-8-20-10-14-24-23(16-20)13-15-25(28)27(24)30/h2-5,9-10,12-17H,1H3. The van der Waals surface area contributed by atoms with Crippen LogP contribution in [0, 0.1) is 48.1 Å². The second kappa shape index (κ2) is 8.19. The van der Waals surface area contributed by atoms with Crippen LogP contribution in [-0.2, 0) is 0 Å². The summed E-state index contributed by atoms with van der Waals surface area (Å²) in [5, 5.41) is 0.714. The van der Waals surface area contributed by atoms with Gasteiger partial charge in [-0.15, -0.1) is 0 Å². The number of halogens is 3. The van der Waals surface area contributed by atoms with E-state index in [1.165, 1.54) is 18.2 Å². The number of fused-ring (bicyclic) bond motifs is 1. The molecule has 0 fully saturated rings. The van der Waals surface area contributed by atoms with Crippen LogP contribution in [0.3, 0.4) is 0 Å². The van der Waals surface area contributed by atoms with Gasteiger partial charge in [-0.1, -0.05) is 53.5 Å². The van der Waals surface area contributed by atoms with Gasteiger partial charge in [0.05, 0.1) is 5.56 Å². The number of hydrogen-bond donors (Lipinski definition) is 0. The van der Waals surface area contributed by atoms with Crippen molar-refractivity contribution in [2.45, 2.75) is 6.92 Å². The lowest BCUT2D eigenvalue weighted by Crippen LogP contribution is -1.88. The molecule has 0 N–H and O–H groups in total. The number of hydrogen-bond acceptors (Lipinski definition) is 0. The maximum Gasteiger partial charge on any atom is 0.166 e. The summed E-state index contributed by atoms with van der Waals surface area (Å²) in [6.45, 7) is 2.00. The molecule has 0 aliphatic carbocycles. The zero-order chi connectivity index (χ0) is 21.1. The maximum atomic E-state index is 14.4. The fourth-order valence-corrected chi connectivity index (χ4v) is 2.96. The Hall–Kier alpha value is -3.95. The molecule has 0 nitrogen and oxygen atoms in total. The topological polar surface area (TPSA) is 0 Å². The molecule has 4 rings (SSSR count). The van der Waals surface area contributed by atoms with Crippen LogP contribution in [0.2, 0.25) is 0 Å². The molecule has 3 heteroatoms. The van der Waals surface area contributed by atoms with Crippen LogP contribution in [0.25, 0.3) is 10.8 Å². The summed E-state index contributed by atoms with van der Waals surface area (Å²) in [6.07, 6.45) is 0. The molecule has 144 valence electrons. The third-order valence-electron chi connectivity index (χ3n) is 4.62. The molecule has 0 amide bonds. The maximum absolute atomic E-state index is 14.4. The lowest BCUT2D eigenvalue weighted by Gasteiger charge is -2.01. The van der Waals surface area contributed by atoms with E-state index >= 15 is 0 Å². The Bertz CT molecular complexity index is 1380. The summed E-state index contributed by atoms with van der Waals surface area (Å²) in [7, 11) is 0. The second-order valence-electron chi connectivity index (χ2n) is 6.86. The van der Waals surface area contributed by atoms with Crippen LogP contribution >= 0.6 is 0 Å². The van der Waals surface area contributed by atoms with E-state index in [-0.39, 0.29) is 10.9 Å². The van der Waals surface area contributed by atoms with E-state index in [1.807, 2.05) is 31.2 Å². The number of rotatable bonds is 0. The quantitative estimate of drug-likeness (QED) is 0.303. The van der Waals surface area contributed by atoms with Crippen LogP contribution in [0.4, 0.5) is 13.2 Å². The van der Waals surface area contributed by atoms with E-state index in [2.05, 4.69) is 23.7 Å². The summed E-state index contributed by atoms with van der Waals surface area (Å²) in [4.78, 5) is 0. The summed E-state index contributed by atoms with van der Waals surface area (Å²) >= 11 is 0. The molecule has 0 unspecified atom stereocenters. The first-order valence-corrected chi connectivity index (χ1v) is 9.28. The average Bonchev–Trinajstić information content (AvgIpc) is 2.75. The highest BCUT2D eigenvalue weighted by atomic mass is 19.2. The van der Waals surface area contributed by atoms with Crippen molar-refractivity contribution in [1.29, 1.82) is 0 Å². The smallest absolute Gasteiger partial charge is 0.166 e. The SMILES string of the molecule is Cc1ccc(C#Cc2ccc(C#Cc3ccc4c(F)c(F)ccc4c3)c(F)c2)cc1. The Morgan fingerprint density at radius 3 is 1.97 bits per heavy atom. The van der Waals surface area contributed by atoms with Crippen molar-refractivity contribution in [3.05, 3.63) is 118 Å². The third kappa shape index (κ3) is 4.22. The summed E-state index contributed by atoms with van der Waals surface area (Å²) < 4.78 is 41.5. The lowest BCUT2D eigenvalue weighted by atomic mass is 10.1. The van der Waals surface area contributed by atoms with E-state index in [4.69, 9.17) is 0 Å². The molecule has 0 saturated heterocycles. The molecule has 0 spiro atoms. The zero-order valence-corrected chi connectivity index (χ0v) is 16.1. The van der Waals surface area contributed by atoms with E-state index in [1.54, 1.807) is 24.3 Å². The van der Waals surface area contributed by atoms with E-state index < -0.39 is 17.5 Å². The minimum absolute atomic E-state index is 0.184. The normalized spacial score (nSPS) is 10.1. The summed E-state index contributed by atoms with van der Waals surface area (Å²) in [6, 6.07) is 19.7. The second-order valence-corrected chi connectivity index (χ2v) is 6.86. The van der Waals surface area contributed by atoms with Crippen molar-refractivity contribution in [3.63, 3.8) is 0 Å². The molecule has 0 heterocycles. The lowest BCUT2D eigenvalue weighted by molar-refractivity contribution is 0.517. The first-order valence-electron chi connectivity index (χ1n) is 9.28. The van der Waals surface area contributed by atoms with Crippen LogP contribution in [0.1, 0.15) is 27.8 Å². The van der Waals surface area contributed by atoms with Gasteiger partial charge in [-0.2, -0.15) is 0 Å². The predicted molar refractivity (Wildman–Crippen MR) is 113 cm³/mol. The predicted octanol–water partition coefficient (Wildman–Crippen LogP) is 6.37. The van der Waals surface area contributed by atoms with E-state index in [9.17, 15) is 13.2 Å². The first kappa shape index (κ1) is 19.4. The first-order chi connectivity index (χ1) is 14.5. The van der Waals surface area contributed by atoms with Crippen LogP contribution in [0.15, 0.2) is 72.8 Å². The molecule has 0 aliphatic heterocycles. The van der Waals surface area contributed by atoms with Crippen LogP contribution < -0.4 is 0 Å². The van der Waals surface area contributed by atoms with Gasteiger partial charge in [0, 0.05) is 22.1 Å². The molecular weight excluding hydrogens is 381 g/mol. The highest BCUT2D eigenvalue weighted by Gasteiger charge is 2.06. The highest BCUT2D eigenvalue weighted by molar-refractivity contribution is 5.84. The van der Waals surface area contributed by atoms with Gasteiger partial charge in [0.2, 0.25) is 0 Å². The molecular formula is C27H15F3. The van der Waals surface area contributed by atoms with Crippen molar-refractivity contribution in [3.8, 4) is 23.7 Å².